The molecule has 5 aromatic heterocycles. The van der Waals surface area contributed by atoms with E-state index in [4.69, 9.17) is 23.7 Å². The third-order valence-electron chi connectivity index (χ3n) is 17.6. The molecule has 1 fully saturated rings. The van der Waals surface area contributed by atoms with Crippen LogP contribution in [-0.2, 0) is 27.4 Å². The van der Waals surface area contributed by atoms with Gasteiger partial charge in [-0.1, -0.05) is 71.1 Å². The van der Waals surface area contributed by atoms with Gasteiger partial charge in [-0.3, -0.25) is 28.5 Å². The molecule has 3 aliphatic heterocycles. The molecule has 12 rings (SSSR count). The molecule has 0 bridgehead atoms. The zero-order chi connectivity index (χ0) is 63.3. The van der Waals surface area contributed by atoms with Gasteiger partial charge in [0.25, 0.3) is 11.8 Å². The summed E-state index contributed by atoms with van der Waals surface area (Å²) in [4.78, 5) is 73.2. The van der Waals surface area contributed by atoms with Crippen LogP contribution in [-0.4, -0.2) is 173 Å². The fourth-order valence-corrected chi connectivity index (χ4v) is 12.4. The highest BCUT2D eigenvalue weighted by molar-refractivity contribution is 6.07. The molecule has 0 aliphatic carbocycles. The highest BCUT2D eigenvalue weighted by atomic mass is 19.1. The zero-order valence-electron chi connectivity index (χ0n) is 51.5. The van der Waals surface area contributed by atoms with Crippen LogP contribution in [0.3, 0.4) is 0 Å². The Labute approximate surface area is 523 Å². The maximum Gasteiger partial charge on any atom is 0.270 e. The molecule has 472 valence electrons. The maximum atomic E-state index is 17.0. The molecule has 24 heteroatoms. The number of aromatic nitrogens is 10. The van der Waals surface area contributed by atoms with E-state index < -0.39 is 11.6 Å². The van der Waals surface area contributed by atoms with E-state index in [1.54, 1.807) is 99.3 Å². The van der Waals surface area contributed by atoms with E-state index in [0.29, 0.717) is 145 Å². The minimum Gasteiger partial charge on any atom is -0.496 e. The highest BCUT2D eigenvalue weighted by Crippen LogP contribution is 2.43. The van der Waals surface area contributed by atoms with Crippen molar-refractivity contribution < 1.29 is 46.7 Å². The van der Waals surface area contributed by atoms with Gasteiger partial charge in [-0.05, 0) is 97.7 Å². The lowest BCUT2D eigenvalue weighted by Crippen LogP contribution is -2.38. The van der Waals surface area contributed by atoms with E-state index in [0.717, 1.165) is 11.1 Å². The van der Waals surface area contributed by atoms with Crippen LogP contribution in [0, 0.1) is 11.6 Å². The number of carbonyl (C=O) groups is 4. The van der Waals surface area contributed by atoms with E-state index in [9.17, 15) is 19.2 Å². The summed E-state index contributed by atoms with van der Waals surface area (Å²) in [6.07, 6.45) is 13.4. The molecule has 0 saturated carbocycles. The van der Waals surface area contributed by atoms with Crippen LogP contribution in [0.15, 0.2) is 114 Å². The lowest BCUT2D eigenvalue weighted by atomic mass is 9.92. The van der Waals surface area contributed by atoms with Crippen molar-refractivity contribution in [3.63, 3.8) is 0 Å². The van der Waals surface area contributed by atoms with E-state index >= 15 is 8.78 Å². The SMILES string of the molecule is COc1ccccc1-c1cc(C2=CCCN(C(=O)CCn3ccnn3)C2)c(F)c2[nH]c(C(=O)N(C)CCC(C)OCC(C)c3nc(C4CCN(C(=O)c5cc6c(-c7ccccc7OC)cc(C7=CCCN(C(=O)CCn8ccnn8)C7)c(F)c6[nH]5)CC4)no3)cc12. The third kappa shape index (κ3) is 13.1. The number of H-pyrrole nitrogens is 2. The van der Waals surface area contributed by atoms with Crippen LogP contribution in [0.25, 0.3) is 55.2 Å². The molecule has 3 aliphatic rings. The van der Waals surface area contributed by atoms with Gasteiger partial charge in [0.05, 0.1) is 69.4 Å². The molecule has 0 spiro atoms. The summed E-state index contributed by atoms with van der Waals surface area (Å²) < 4.78 is 60.8. The lowest BCUT2D eigenvalue weighted by Gasteiger charge is -2.30. The molecular weight excluding hydrogens is 1170 g/mol. The average Bonchev–Trinajstić information content (AvgIpc) is 1.73. The number of hydrogen-bond donors (Lipinski definition) is 2. The fourth-order valence-electron chi connectivity index (χ4n) is 12.4. The van der Waals surface area contributed by atoms with Gasteiger partial charge in [-0.25, -0.2) is 8.78 Å². The fraction of sp³-hybridized carbons (Fsp3) is 0.373. The van der Waals surface area contributed by atoms with E-state index in [-0.39, 0.29) is 96.5 Å². The molecule has 91 heavy (non-hydrogen) atoms. The number of nitrogens with one attached hydrogen (secondary N) is 2. The van der Waals surface area contributed by atoms with Crippen molar-refractivity contribution in [1.29, 1.82) is 0 Å². The summed E-state index contributed by atoms with van der Waals surface area (Å²) in [7, 11) is 4.86. The van der Waals surface area contributed by atoms with Gasteiger partial charge in [0.15, 0.2) is 17.5 Å². The number of fused-ring (bicyclic) bond motifs is 2. The number of benzene rings is 4. The number of rotatable bonds is 22. The Balaban J connectivity index is 0.659. The van der Waals surface area contributed by atoms with Crippen LogP contribution in [0.4, 0.5) is 8.78 Å². The predicted molar refractivity (Wildman–Crippen MR) is 336 cm³/mol. The van der Waals surface area contributed by atoms with Gasteiger partial charge >= 0.3 is 0 Å². The van der Waals surface area contributed by atoms with Crippen molar-refractivity contribution in [2.24, 2.45) is 0 Å². The minimum absolute atomic E-state index is 0.0670. The van der Waals surface area contributed by atoms with Crippen LogP contribution in [0.1, 0.15) is 114 Å². The molecule has 0 radical (unpaired) electrons. The van der Waals surface area contributed by atoms with Crippen molar-refractivity contribution in [3.8, 4) is 33.8 Å². The quantitative estimate of drug-likeness (QED) is 0.0642. The molecule has 2 atom stereocenters. The number of carbonyl (C=O) groups excluding carboxylic acids is 4. The standard InChI is InChI=1S/C67H72F2N14O8/c1-41(40-90-42(2)18-27-78(3)66(86)54-36-52-50(46-14-6-8-16-56(46)88-4)34-48(60(68)62(52)72-54)44-12-10-25-80(38-44)58(84)21-30-82-32-23-70-76-82)65-74-64(75-91-65)43-19-28-79(29-20-43)67(87)55-37-53-51(47-15-7-9-17-57(47)89-5)35-49(61(69)63(53)73-55)45-13-11-26-81(39-45)59(85)22-31-83-33-24-71-77-83/h6-9,12-17,23-24,32-37,41-43,72-73H,10-11,18-22,25-31,38-40H2,1-5H3. The van der Waals surface area contributed by atoms with Crippen molar-refractivity contribution >= 4 is 56.6 Å². The van der Waals surface area contributed by atoms with E-state index in [2.05, 4.69) is 35.7 Å². The molecule has 9 aromatic rings. The summed E-state index contributed by atoms with van der Waals surface area (Å²) in [6, 6.07) is 22.0. The van der Waals surface area contributed by atoms with Gasteiger partial charge in [-0.2, -0.15) is 4.98 Å². The molecule has 22 nitrogen and oxygen atoms in total. The van der Waals surface area contributed by atoms with E-state index in [1.807, 2.05) is 74.5 Å². The number of methoxy groups -OCH3 is 2. The maximum absolute atomic E-state index is 17.0. The smallest absolute Gasteiger partial charge is 0.270 e. The van der Waals surface area contributed by atoms with Gasteiger partial charge in [0, 0.05) is 117 Å². The molecule has 8 heterocycles. The topological polar surface area (TPSA) is 241 Å². The first-order chi connectivity index (χ1) is 44.2. The number of halogens is 2. The Morgan fingerprint density at radius 3 is 1.74 bits per heavy atom. The summed E-state index contributed by atoms with van der Waals surface area (Å²) in [5, 5.41) is 21.0. The number of para-hydroxylation sites is 2. The van der Waals surface area contributed by atoms with Crippen molar-refractivity contribution in [2.45, 2.75) is 89.8 Å². The summed E-state index contributed by atoms with van der Waals surface area (Å²) in [5.74, 6) is 0.0808. The summed E-state index contributed by atoms with van der Waals surface area (Å²) in [6.45, 7) is 7.54. The molecule has 1 saturated heterocycles. The molecular formula is C67H72F2N14O8. The largest absolute Gasteiger partial charge is 0.496 e. The van der Waals surface area contributed by atoms with Gasteiger partial charge in [-0.15, -0.1) is 10.2 Å². The third-order valence-corrected chi connectivity index (χ3v) is 17.6. The van der Waals surface area contributed by atoms with Crippen LogP contribution in [0.5, 0.6) is 11.5 Å². The second-order valence-electron chi connectivity index (χ2n) is 23.5. The Kier molecular flexibility index (Phi) is 18.3. The second-order valence-corrected chi connectivity index (χ2v) is 23.5. The van der Waals surface area contributed by atoms with Gasteiger partial charge in [0.1, 0.15) is 22.9 Å². The van der Waals surface area contributed by atoms with Gasteiger partial charge in [0.2, 0.25) is 17.7 Å². The average molecular weight is 1240 g/mol. The van der Waals surface area contributed by atoms with Crippen molar-refractivity contribution in [3.05, 3.63) is 156 Å². The van der Waals surface area contributed by atoms with Crippen LogP contribution >= 0.6 is 0 Å². The summed E-state index contributed by atoms with van der Waals surface area (Å²) in [5.41, 5.74) is 5.64. The van der Waals surface area contributed by atoms with Gasteiger partial charge < -0.3 is 48.3 Å². The number of aromatic amines is 2. The minimum atomic E-state index is -0.520. The normalized spacial score (nSPS) is 15.4. The Bertz CT molecular complexity index is 4180. The first kappa shape index (κ1) is 61.4. The summed E-state index contributed by atoms with van der Waals surface area (Å²) >= 11 is 0. The first-order valence-electron chi connectivity index (χ1n) is 30.8. The predicted octanol–water partition coefficient (Wildman–Crippen LogP) is 9.95. The molecule has 4 aromatic carbocycles. The molecule has 4 amide bonds. The number of nitrogens with zero attached hydrogens (tertiary/aromatic N) is 12. The Morgan fingerprint density at radius 1 is 0.681 bits per heavy atom. The lowest BCUT2D eigenvalue weighted by molar-refractivity contribution is -0.131. The first-order valence-corrected chi connectivity index (χ1v) is 30.8. The zero-order valence-corrected chi connectivity index (χ0v) is 51.5. The van der Waals surface area contributed by atoms with Crippen LogP contribution < -0.4 is 9.47 Å². The molecule has 2 unspecified atom stereocenters. The van der Waals surface area contributed by atoms with Crippen LogP contribution in [0.2, 0.25) is 0 Å². The van der Waals surface area contributed by atoms with E-state index in [1.165, 1.54) is 0 Å². The van der Waals surface area contributed by atoms with Crippen molar-refractivity contribution in [2.75, 3.05) is 73.7 Å². The highest BCUT2D eigenvalue weighted by Gasteiger charge is 2.32. The Morgan fingerprint density at radius 2 is 1.21 bits per heavy atom. The number of hydrogen-bond acceptors (Lipinski definition) is 14. The number of piperidine rings is 1. The molecule has 2 N–H and O–H groups in total. The Hall–Kier alpha value is -9.84. The number of amides is 4. The number of likely N-dealkylation sites (tertiary alicyclic amines) is 1. The second kappa shape index (κ2) is 27.1. The number of ether oxygens (including phenoxy) is 3. The monoisotopic (exact) mass is 1240 g/mol. The van der Waals surface area contributed by atoms with Crippen molar-refractivity contribution in [1.82, 2.24) is 69.7 Å². The number of aryl methyl sites for hydroxylation is 2.